The number of methoxy groups -OCH3 is 1. The summed E-state index contributed by atoms with van der Waals surface area (Å²) in [7, 11) is -0.444. The van der Waals surface area contributed by atoms with Crippen molar-refractivity contribution in [1.29, 1.82) is 0 Å². The molecule has 0 radical (unpaired) electrons. The van der Waals surface area contributed by atoms with Crippen molar-refractivity contribution < 1.29 is 19.4 Å². The van der Waals surface area contributed by atoms with Crippen LogP contribution in [0.2, 0.25) is 18.1 Å². The number of ether oxygens (including phenoxy) is 2. The Hall–Kier alpha value is -0.653. The van der Waals surface area contributed by atoms with E-state index in [2.05, 4.69) is 45.2 Å². The topological polar surface area (TPSA) is 55.8 Å². The lowest BCUT2D eigenvalue weighted by atomic mass is 10.1. The summed E-state index contributed by atoms with van der Waals surface area (Å²) in [6.07, 6.45) is 1.99. The lowest BCUT2D eigenvalue weighted by Gasteiger charge is -2.41. The molecule has 1 fully saturated rings. The molecule has 1 saturated heterocycles. The highest BCUT2D eigenvalue weighted by Crippen LogP contribution is 2.40. The zero-order chi connectivity index (χ0) is 16.4. The molecule has 4 nitrogen and oxygen atoms in total. The van der Waals surface area contributed by atoms with E-state index in [0.717, 1.165) is 12.8 Å². The molecule has 0 aromatic rings. The first-order valence-electron chi connectivity index (χ1n) is 7.61. The van der Waals surface area contributed by atoms with E-state index in [1.54, 1.807) is 0 Å². The fraction of sp³-hybridized carbons (Fsp3) is 0.812. The lowest BCUT2D eigenvalue weighted by molar-refractivity contribution is -0.137. The normalized spacial score (nSPS) is 24.7. The molecule has 0 saturated carbocycles. The van der Waals surface area contributed by atoms with Crippen LogP contribution in [0, 0.1) is 0 Å². The Labute approximate surface area is 129 Å². The summed E-state index contributed by atoms with van der Waals surface area (Å²) in [5, 5.41) is 10.8. The molecule has 3 atom stereocenters. The summed E-state index contributed by atoms with van der Waals surface area (Å²) in [5.41, 5.74) is 0.0643. The van der Waals surface area contributed by atoms with Gasteiger partial charge in [0.2, 0.25) is 0 Å². The van der Waals surface area contributed by atoms with E-state index >= 15 is 0 Å². The third-order valence-corrected chi connectivity index (χ3v) is 11.0. The highest BCUT2D eigenvalue weighted by atomic mass is 28.3. The van der Waals surface area contributed by atoms with Gasteiger partial charge in [-0.05, 0) is 24.3 Å². The van der Waals surface area contributed by atoms with Gasteiger partial charge in [-0.15, -0.1) is 0 Å². The molecule has 1 rings (SSSR count). The Morgan fingerprint density at radius 2 is 2.00 bits per heavy atom. The summed E-state index contributed by atoms with van der Waals surface area (Å²) in [4.78, 5) is 11.5. The van der Waals surface area contributed by atoms with Crippen molar-refractivity contribution >= 4 is 14.0 Å². The number of aliphatic hydroxyl groups excluding tert-OH is 1. The van der Waals surface area contributed by atoms with Gasteiger partial charge in [0.1, 0.15) is 0 Å². The highest BCUT2D eigenvalue weighted by molar-refractivity contribution is 6.81. The number of carbonyl (C=O) groups excluding carboxylic acids is 1. The van der Waals surface area contributed by atoms with Crippen LogP contribution < -0.4 is 0 Å². The SMILES string of the molecule is C=C(C(=O)OC)[C@@H]1CC[C@@H](C[C@H](O)[Si](C)(C)C(C)(C)C)O1. The van der Waals surface area contributed by atoms with Crippen molar-refractivity contribution in [3.63, 3.8) is 0 Å². The van der Waals surface area contributed by atoms with Gasteiger partial charge in [0.25, 0.3) is 0 Å². The summed E-state index contributed by atoms with van der Waals surface area (Å²) < 4.78 is 10.6. The molecular formula is C16H30O4Si. The van der Waals surface area contributed by atoms with Crippen LogP contribution in [0.25, 0.3) is 0 Å². The number of esters is 1. The summed E-state index contributed by atoms with van der Waals surface area (Å²) in [5.74, 6) is -0.411. The standard InChI is InChI=1S/C16H30O4Si/c1-11(15(18)19-5)13-9-8-12(20-13)10-14(17)21(6,7)16(2,3)4/h12-14,17H,1,8-10H2,2-7H3/t12-,13-,14+/m0/s1. The van der Waals surface area contributed by atoms with Crippen LogP contribution in [-0.4, -0.2) is 44.2 Å². The molecule has 0 bridgehead atoms. The van der Waals surface area contributed by atoms with Crippen LogP contribution in [0.15, 0.2) is 12.2 Å². The van der Waals surface area contributed by atoms with Crippen molar-refractivity contribution in [3.8, 4) is 0 Å². The zero-order valence-corrected chi connectivity index (χ0v) is 15.2. The second-order valence-electron chi connectivity index (χ2n) is 7.56. The van der Waals surface area contributed by atoms with E-state index in [1.165, 1.54) is 7.11 Å². The second-order valence-corrected chi connectivity index (χ2v) is 13.2. The van der Waals surface area contributed by atoms with Crippen molar-refractivity contribution in [2.45, 2.75) is 76.1 Å². The first kappa shape index (κ1) is 18.4. The summed E-state index contributed by atoms with van der Waals surface area (Å²) in [6.45, 7) is 14.8. The largest absolute Gasteiger partial charge is 0.466 e. The second kappa shape index (κ2) is 6.63. The van der Waals surface area contributed by atoms with Gasteiger partial charge in [-0.3, -0.25) is 0 Å². The number of rotatable bonds is 5. The summed E-state index contributed by atoms with van der Waals surface area (Å²) in [6, 6.07) is 0. The van der Waals surface area contributed by atoms with Crippen LogP contribution in [0.5, 0.6) is 0 Å². The Balaban J connectivity index is 2.59. The molecular weight excluding hydrogens is 284 g/mol. The number of aliphatic hydroxyl groups is 1. The van der Waals surface area contributed by atoms with Gasteiger partial charge in [0, 0.05) is 5.73 Å². The minimum Gasteiger partial charge on any atom is -0.466 e. The van der Waals surface area contributed by atoms with Crippen molar-refractivity contribution in [1.82, 2.24) is 0 Å². The predicted molar refractivity (Wildman–Crippen MR) is 86.9 cm³/mol. The molecule has 0 aliphatic carbocycles. The van der Waals surface area contributed by atoms with Gasteiger partial charge in [-0.2, -0.15) is 0 Å². The molecule has 0 amide bonds. The molecule has 21 heavy (non-hydrogen) atoms. The van der Waals surface area contributed by atoms with Crippen molar-refractivity contribution in [2.75, 3.05) is 7.11 Å². The van der Waals surface area contributed by atoms with E-state index in [4.69, 9.17) is 4.74 Å². The zero-order valence-electron chi connectivity index (χ0n) is 14.2. The Morgan fingerprint density at radius 1 is 1.43 bits per heavy atom. The minimum atomic E-state index is -1.79. The quantitative estimate of drug-likeness (QED) is 0.481. The molecule has 0 aromatic carbocycles. The Bertz CT molecular complexity index is 398. The van der Waals surface area contributed by atoms with Gasteiger partial charge < -0.3 is 14.6 Å². The van der Waals surface area contributed by atoms with Crippen LogP contribution in [-0.2, 0) is 14.3 Å². The first-order valence-corrected chi connectivity index (χ1v) is 10.7. The van der Waals surface area contributed by atoms with Crippen LogP contribution in [0.1, 0.15) is 40.0 Å². The van der Waals surface area contributed by atoms with Gasteiger partial charge in [0.15, 0.2) is 0 Å². The molecule has 122 valence electrons. The van der Waals surface area contributed by atoms with Crippen LogP contribution in [0.3, 0.4) is 0 Å². The predicted octanol–water partition coefficient (Wildman–Crippen LogP) is 3.06. The molecule has 0 unspecified atom stereocenters. The molecule has 1 heterocycles. The number of hydrogen-bond acceptors (Lipinski definition) is 4. The monoisotopic (exact) mass is 314 g/mol. The van der Waals surface area contributed by atoms with E-state index < -0.39 is 14.0 Å². The number of hydrogen-bond donors (Lipinski definition) is 1. The maximum Gasteiger partial charge on any atom is 0.335 e. The molecule has 5 heteroatoms. The lowest BCUT2D eigenvalue weighted by Crippen LogP contribution is -2.50. The molecule has 1 aliphatic heterocycles. The Morgan fingerprint density at radius 3 is 2.48 bits per heavy atom. The Kier molecular flexibility index (Phi) is 5.81. The van der Waals surface area contributed by atoms with Gasteiger partial charge in [-0.25, -0.2) is 4.79 Å². The minimum absolute atomic E-state index is 0.000492. The molecule has 1 N–H and O–H groups in total. The van der Waals surface area contributed by atoms with Crippen LogP contribution in [0.4, 0.5) is 0 Å². The molecule has 1 aliphatic rings. The fourth-order valence-corrected chi connectivity index (χ4v) is 4.29. The maximum atomic E-state index is 11.5. The van der Waals surface area contributed by atoms with Crippen molar-refractivity contribution in [3.05, 3.63) is 12.2 Å². The van der Waals surface area contributed by atoms with Crippen LogP contribution >= 0.6 is 0 Å². The van der Waals surface area contributed by atoms with E-state index in [0.29, 0.717) is 12.0 Å². The molecule has 0 aromatic heterocycles. The maximum absolute atomic E-state index is 11.5. The van der Waals surface area contributed by atoms with E-state index in [-0.39, 0.29) is 23.0 Å². The van der Waals surface area contributed by atoms with Crippen molar-refractivity contribution in [2.24, 2.45) is 0 Å². The smallest absolute Gasteiger partial charge is 0.335 e. The average molecular weight is 314 g/mol. The third kappa shape index (κ3) is 4.17. The van der Waals surface area contributed by atoms with E-state index in [9.17, 15) is 9.90 Å². The number of carbonyl (C=O) groups is 1. The first-order chi connectivity index (χ1) is 9.50. The average Bonchev–Trinajstić information content (AvgIpc) is 2.83. The van der Waals surface area contributed by atoms with Gasteiger partial charge in [0.05, 0.1) is 33.0 Å². The highest BCUT2D eigenvalue weighted by Gasteiger charge is 2.43. The molecule has 0 spiro atoms. The third-order valence-electron chi connectivity index (χ3n) is 5.20. The summed E-state index contributed by atoms with van der Waals surface area (Å²) >= 11 is 0. The fourth-order valence-electron chi connectivity index (χ4n) is 2.44. The van der Waals surface area contributed by atoms with Gasteiger partial charge in [-0.1, -0.05) is 40.4 Å². The van der Waals surface area contributed by atoms with Gasteiger partial charge >= 0.3 is 5.97 Å². The van der Waals surface area contributed by atoms with E-state index in [1.807, 2.05) is 0 Å².